The van der Waals surface area contributed by atoms with Gasteiger partial charge in [-0.3, -0.25) is 9.69 Å². The molecular formula is C10H17F2NO2. The van der Waals surface area contributed by atoms with E-state index in [1.165, 1.54) is 0 Å². The minimum Gasteiger partial charge on any atom is -0.480 e. The van der Waals surface area contributed by atoms with E-state index < -0.39 is 24.4 Å². The molecule has 0 spiro atoms. The number of halogens is 2. The van der Waals surface area contributed by atoms with Crippen LogP contribution in [0.25, 0.3) is 0 Å². The van der Waals surface area contributed by atoms with E-state index in [-0.39, 0.29) is 18.5 Å². The third-order valence-electron chi connectivity index (χ3n) is 2.73. The number of carboxylic acid groups (broad SMARTS) is 1. The van der Waals surface area contributed by atoms with Crippen molar-refractivity contribution in [1.82, 2.24) is 4.90 Å². The molecule has 0 amide bonds. The van der Waals surface area contributed by atoms with E-state index in [0.29, 0.717) is 0 Å². The molecule has 0 aromatic rings. The molecular weight excluding hydrogens is 204 g/mol. The van der Waals surface area contributed by atoms with Crippen LogP contribution in [-0.4, -0.2) is 40.0 Å². The van der Waals surface area contributed by atoms with Crippen molar-refractivity contribution >= 4 is 5.97 Å². The molecule has 1 aliphatic rings. The maximum Gasteiger partial charge on any atom is 0.321 e. The lowest BCUT2D eigenvalue weighted by Gasteiger charge is -2.44. The van der Waals surface area contributed by atoms with Crippen molar-refractivity contribution in [2.24, 2.45) is 0 Å². The molecule has 1 saturated heterocycles. The van der Waals surface area contributed by atoms with Crippen LogP contribution in [0.3, 0.4) is 0 Å². The van der Waals surface area contributed by atoms with Crippen molar-refractivity contribution in [3.8, 4) is 0 Å². The van der Waals surface area contributed by atoms with E-state index in [1.807, 2.05) is 20.8 Å². The van der Waals surface area contributed by atoms with Crippen LogP contribution in [0.4, 0.5) is 8.78 Å². The first-order valence-corrected chi connectivity index (χ1v) is 5.01. The Labute approximate surface area is 88.1 Å². The number of hydrogen-bond donors (Lipinski definition) is 1. The van der Waals surface area contributed by atoms with Crippen LogP contribution in [0.5, 0.6) is 0 Å². The molecule has 0 radical (unpaired) electrons. The summed E-state index contributed by atoms with van der Waals surface area (Å²) in [6.07, 6.45) is -0.840. The van der Waals surface area contributed by atoms with Gasteiger partial charge < -0.3 is 5.11 Å². The molecule has 0 saturated carbocycles. The Hall–Kier alpha value is -0.710. The molecule has 1 heterocycles. The molecule has 1 atom stereocenters. The molecule has 88 valence electrons. The first-order chi connectivity index (χ1) is 6.63. The molecule has 0 bridgehead atoms. The Balaban J connectivity index is 2.86. The molecule has 15 heavy (non-hydrogen) atoms. The highest BCUT2D eigenvalue weighted by Gasteiger charge is 2.46. The zero-order valence-electron chi connectivity index (χ0n) is 9.26. The van der Waals surface area contributed by atoms with Crippen molar-refractivity contribution in [3.05, 3.63) is 0 Å². The van der Waals surface area contributed by atoms with Crippen LogP contribution in [0.2, 0.25) is 0 Å². The smallest absolute Gasteiger partial charge is 0.321 e. The van der Waals surface area contributed by atoms with Crippen LogP contribution < -0.4 is 0 Å². The van der Waals surface area contributed by atoms with Crippen molar-refractivity contribution in [2.45, 2.75) is 51.1 Å². The molecule has 5 heteroatoms. The second-order valence-corrected chi connectivity index (χ2v) is 5.03. The molecule has 0 aliphatic carbocycles. The predicted molar refractivity (Wildman–Crippen MR) is 52.1 cm³/mol. The maximum atomic E-state index is 13.1. The molecule has 1 aliphatic heterocycles. The number of rotatable bonds is 1. The van der Waals surface area contributed by atoms with Gasteiger partial charge in [-0.2, -0.15) is 0 Å². The number of carboxylic acids is 1. The van der Waals surface area contributed by atoms with E-state index in [4.69, 9.17) is 5.11 Å². The highest BCUT2D eigenvalue weighted by atomic mass is 19.3. The van der Waals surface area contributed by atoms with Gasteiger partial charge in [-0.15, -0.1) is 0 Å². The van der Waals surface area contributed by atoms with Crippen molar-refractivity contribution in [1.29, 1.82) is 0 Å². The summed E-state index contributed by atoms with van der Waals surface area (Å²) in [6.45, 7) is 5.65. The monoisotopic (exact) mass is 221 g/mol. The number of piperidine rings is 1. The Bertz CT molecular complexity index is 261. The fourth-order valence-electron chi connectivity index (χ4n) is 1.96. The number of aliphatic carboxylic acids is 1. The largest absolute Gasteiger partial charge is 0.480 e. The van der Waals surface area contributed by atoms with Crippen molar-refractivity contribution in [2.75, 3.05) is 6.54 Å². The van der Waals surface area contributed by atoms with Gasteiger partial charge >= 0.3 is 5.97 Å². The quantitative estimate of drug-likeness (QED) is 0.736. The third kappa shape index (κ3) is 2.87. The molecule has 0 aromatic heterocycles. The predicted octanol–water partition coefficient (Wildman–Crippen LogP) is 1.97. The third-order valence-corrected chi connectivity index (χ3v) is 2.73. The van der Waals surface area contributed by atoms with Crippen LogP contribution in [-0.2, 0) is 4.79 Å². The SMILES string of the molecule is CC(C)(C)N1CCC(F)(F)CC1C(=O)O. The fourth-order valence-corrected chi connectivity index (χ4v) is 1.96. The zero-order chi connectivity index (χ0) is 11.9. The van der Waals surface area contributed by atoms with Crippen LogP contribution in [0, 0.1) is 0 Å². The Morgan fingerprint density at radius 3 is 2.40 bits per heavy atom. The highest BCUT2D eigenvalue weighted by molar-refractivity contribution is 5.73. The van der Waals surface area contributed by atoms with E-state index in [9.17, 15) is 13.6 Å². The lowest BCUT2D eigenvalue weighted by molar-refractivity contribution is -0.159. The Morgan fingerprint density at radius 1 is 1.47 bits per heavy atom. The minimum atomic E-state index is -2.84. The number of carbonyl (C=O) groups is 1. The van der Waals surface area contributed by atoms with Crippen molar-refractivity contribution < 1.29 is 18.7 Å². The van der Waals surface area contributed by atoms with Gasteiger partial charge in [0.15, 0.2) is 0 Å². The second kappa shape index (κ2) is 3.70. The first kappa shape index (κ1) is 12.4. The Kier molecular flexibility index (Phi) is 3.05. The van der Waals surface area contributed by atoms with Crippen LogP contribution in [0.1, 0.15) is 33.6 Å². The summed E-state index contributed by atoms with van der Waals surface area (Å²) in [5.41, 5.74) is -0.389. The topological polar surface area (TPSA) is 40.5 Å². The van der Waals surface area contributed by atoms with Gasteiger partial charge in [-0.1, -0.05) is 0 Å². The van der Waals surface area contributed by atoms with Gasteiger partial charge in [0.1, 0.15) is 6.04 Å². The van der Waals surface area contributed by atoms with Crippen LogP contribution >= 0.6 is 0 Å². The van der Waals surface area contributed by atoms with E-state index in [0.717, 1.165) is 0 Å². The van der Waals surface area contributed by atoms with Gasteiger partial charge in [0.25, 0.3) is 5.92 Å². The summed E-state index contributed by atoms with van der Waals surface area (Å²) in [7, 11) is 0. The number of hydrogen-bond acceptors (Lipinski definition) is 2. The molecule has 1 rings (SSSR count). The molecule has 0 aromatic carbocycles. The molecule has 1 N–H and O–H groups in total. The van der Waals surface area contributed by atoms with E-state index in [2.05, 4.69) is 0 Å². The van der Waals surface area contributed by atoms with Gasteiger partial charge in [-0.05, 0) is 20.8 Å². The summed E-state index contributed by atoms with van der Waals surface area (Å²) < 4.78 is 26.2. The lowest BCUT2D eigenvalue weighted by atomic mass is 9.92. The van der Waals surface area contributed by atoms with Gasteiger partial charge in [0.2, 0.25) is 0 Å². The molecule has 1 unspecified atom stereocenters. The first-order valence-electron chi connectivity index (χ1n) is 5.01. The Morgan fingerprint density at radius 2 is 2.00 bits per heavy atom. The van der Waals surface area contributed by atoms with Gasteiger partial charge in [0, 0.05) is 24.9 Å². The zero-order valence-corrected chi connectivity index (χ0v) is 9.26. The summed E-state index contributed by atoms with van der Waals surface area (Å²) in [4.78, 5) is 12.6. The maximum absolute atomic E-state index is 13.1. The summed E-state index contributed by atoms with van der Waals surface area (Å²) in [5.74, 6) is -4.01. The lowest BCUT2D eigenvalue weighted by Crippen LogP contribution is -2.57. The normalized spacial score (nSPS) is 27.7. The summed E-state index contributed by atoms with van der Waals surface area (Å²) in [5, 5.41) is 8.93. The number of nitrogens with zero attached hydrogens (tertiary/aromatic N) is 1. The highest BCUT2D eigenvalue weighted by Crippen LogP contribution is 2.35. The van der Waals surface area contributed by atoms with Crippen molar-refractivity contribution in [3.63, 3.8) is 0 Å². The van der Waals surface area contributed by atoms with Crippen LogP contribution in [0.15, 0.2) is 0 Å². The number of likely N-dealkylation sites (tertiary alicyclic amines) is 1. The second-order valence-electron chi connectivity index (χ2n) is 5.03. The summed E-state index contributed by atoms with van der Waals surface area (Å²) in [6, 6.07) is -1.08. The average molecular weight is 221 g/mol. The van der Waals surface area contributed by atoms with E-state index >= 15 is 0 Å². The van der Waals surface area contributed by atoms with Gasteiger partial charge in [-0.25, -0.2) is 8.78 Å². The standard InChI is InChI=1S/C10H17F2NO2/c1-9(2,3)13-5-4-10(11,12)6-7(13)8(14)15/h7H,4-6H2,1-3H3,(H,14,15). The number of alkyl halides is 2. The summed E-state index contributed by atoms with van der Waals surface area (Å²) >= 11 is 0. The molecule has 3 nitrogen and oxygen atoms in total. The van der Waals surface area contributed by atoms with E-state index in [1.54, 1.807) is 4.90 Å². The molecule has 1 fully saturated rings. The minimum absolute atomic E-state index is 0.132. The van der Waals surface area contributed by atoms with Gasteiger partial charge in [0.05, 0.1) is 0 Å². The average Bonchev–Trinajstić information content (AvgIpc) is 1.99. The fraction of sp³-hybridized carbons (Fsp3) is 0.900.